The van der Waals surface area contributed by atoms with Crippen molar-refractivity contribution >= 4 is 15.9 Å². The molecule has 0 heterocycles. The van der Waals surface area contributed by atoms with E-state index in [1.54, 1.807) is 0 Å². The topological polar surface area (TPSA) is 29.3 Å². The highest BCUT2D eigenvalue weighted by Gasteiger charge is 2.32. The van der Waals surface area contributed by atoms with Crippen LogP contribution in [0.15, 0.2) is 28.7 Å². The van der Waals surface area contributed by atoms with E-state index in [9.17, 15) is 0 Å². The van der Waals surface area contributed by atoms with Gasteiger partial charge in [0.25, 0.3) is 0 Å². The zero-order valence-corrected chi connectivity index (χ0v) is 14.3. The lowest BCUT2D eigenvalue weighted by Crippen LogP contribution is -2.55. The number of benzene rings is 1. The van der Waals surface area contributed by atoms with E-state index in [1.807, 2.05) is 0 Å². The van der Waals surface area contributed by atoms with Gasteiger partial charge in [0.15, 0.2) is 0 Å². The lowest BCUT2D eigenvalue weighted by atomic mass is 9.82. The molecule has 2 nitrogen and oxygen atoms in total. The molecule has 1 aromatic rings. The van der Waals surface area contributed by atoms with E-state index in [0.717, 1.165) is 23.4 Å². The van der Waals surface area contributed by atoms with Gasteiger partial charge in [-0.1, -0.05) is 41.4 Å². The van der Waals surface area contributed by atoms with Gasteiger partial charge < -0.3 is 5.73 Å². The second-order valence-corrected chi connectivity index (χ2v) is 7.26. The Morgan fingerprint density at radius 2 is 1.95 bits per heavy atom. The van der Waals surface area contributed by atoms with Crippen molar-refractivity contribution in [3.05, 3.63) is 34.3 Å². The van der Waals surface area contributed by atoms with Crippen LogP contribution in [0.1, 0.15) is 38.7 Å². The van der Waals surface area contributed by atoms with Crippen LogP contribution < -0.4 is 5.73 Å². The van der Waals surface area contributed by atoms with Crippen molar-refractivity contribution in [2.24, 2.45) is 11.7 Å². The zero-order valence-electron chi connectivity index (χ0n) is 12.7. The molecule has 1 aliphatic carbocycles. The second-order valence-electron chi connectivity index (χ2n) is 6.34. The maximum atomic E-state index is 6.15. The first-order chi connectivity index (χ1) is 9.57. The molecule has 0 saturated heterocycles. The van der Waals surface area contributed by atoms with E-state index in [-0.39, 0.29) is 5.54 Å². The number of halogens is 1. The molecule has 0 spiro atoms. The summed E-state index contributed by atoms with van der Waals surface area (Å²) in [4.78, 5) is 2.60. The molecule has 0 aromatic heterocycles. The molecule has 2 N–H and O–H groups in total. The number of nitrogens with zero attached hydrogens (tertiary/aromatic N) is 1. The van der Waals surface area contributed by atoms with Crippen LogP contribution in [0, 0.1) is 5.92 Å². The molecule has 0 bridgehead atoms. The lowest BCUT2D eigenvalue weighted by Gasteiger charge is -2.44. The summed E-state index contributed by atoms with van der Waals surface area (Å²) in [5.74, 6) is 0.894. The molecule has 1 saturated carbocycles. The summed E-state index contributed by atoms with van der Waals surface area (Å²) in [6.45, 7) is 7.58. The van der Waals surface area contributed by atoms with Crippen molar-refractivity contribution in [3.8, 4) is 0 Å². The van der Waals surface area contributed by atoms with Crippen LogP contribution >= 0.6 is 15.9 Å². The Bertz CT molecular complexity index is 414. The largest absolute Gasteiger partial charge is 0.329 e. The van der Waals surface area contributed by atoms with E-state index < -0.39 is 0 Å². The number of hydrogen-bond acceptors (Lipinski definition) is 2. The number of likely N-dealkylation sites (N-methyl/N-ethyl adjacent to an activating group) is 1. The molecular formula is C17H27BrN2. The molecule has 1 aromatic carbocycles. The van der Waals surface area contributed by atoms with Gasteiger partial charge in [-0.3, -0.25) is 4.90 Å². The van der Waals surface area contributed by atoms with E-state index in [4.69, 9.17) is 5.73 Å². The quantitative estimate of drug-likeness (QED) is 0.818. The molecule has 2 rings (SSSR count). The van der Waals surface area contributed by atoms with Gasteiger partial charge in [0.05, 0.1) is 0 Å². The first-order valence-corrected chi connectivity index (χ1v) is 8.56. The molecule has 1 unspecified atom stereocenters. The number of hydrogen-bond donors (Lipinski definition) is 1. The monoisotopic (exact) mass is 338 g/mol. The average molecular weight is 339 g/mol. The summed E-state index contributed by atoms with van der Waals surface area (Å²) < 4.78 is 1.14. The highest BCUT2D eigenvalue weighted by Crippen LogP contribution is 2.30. The minimum Gasteiger partial charge on any atom is -0.329 e. The number of nitrogens with two attached hydrogens (primary N) is 1. The van der Waals surface area contributed by atoms with Crippen molar-refractivity contribution in [2.75, 3.05) is 19.6 Å². The molecule has 0 amide bonds. The minimum absolute atomic E-state index is 0.0676. The van der Waals surface area contributed by atoms with Gasteiger partial charge >= 0.3 is 0 Å². The van der Waals surface area contributed by atoms with Gasteiger partial charge in [0, 0.05) is 23.1 Å². The standard InChI is InChI=1S/C17H27BrN2/c1-3-20(12-15-5-4-6-15)17(2,13-19)11-14-7-9-16(18)10-8-14/h7-10,15H,3-6,11-13,19H2,1-2H3. The Hall–Kier alpha value is -0.380. The van der Waals surface area contributed by atoms with Gasteiger partial charge in [-0.05, 0) is 56.3 Å². The second kappa shape index (κ2) is 7.06. The van der Waals surface area contributed by atoms with Crippen molar-refractivity contribution in [1.82, 2.24) is 4.90 Å². The fourth-order valence-electron chi connectivity index (χ4n) is 3.07. The molecule has 112 valence electrons. The minimum atomic E-state index is 0.0676. The van der Waals surface area contributed by atoms with E-state index in [0.29, 0.717) is 6.54 Å². The van der Waals surface area contributed by atoms with Crippen molar-refractivity contribution in [2.45, 2.75) is 45.1 Å². The summed E-state index contributed by atoms with van der Waals surface area (Å²) in [6, 6.07) is 8.65. The van der Waals surface area contributed by atoms with Crippen molar-refractivity contribution < 1.29 is 0 Å². The van der Waals surface area contributed by atoms with Crippen LogP contribution in [0.3, 0.4) is 0 Å². The van der Waals surface area contributed by atoms with E-state index >= 15 is 0 Å². The third-order valence-corrected chi connectivity index (χ3v) is 5.32. The Kier molecular flexibility index (Phi) is 5.65. The molecule has 3 heteroatoms. The van der Waals surface area contributed by atoms with Crippen molar-refractivity contribution in [3.63, 3.8) is 0 Å². The first-order valence-electron chi connectivity index (χ1n) is 7.77. The van der Waals surface area contributed by atoms with Gasteiger partial charge in [0.1, 0.15) is 0 Å². The third-order valence-electron chi connectivity index (χ3n) is 4.79. The molecule has 1 fully saturated rings. The van der Waals surface area contributed by atoms with Crippen LogP contribution in [-0.4, -0.2) is 30.1 Å². The van der Waals surface area contributed by atoms with Crippen LogP contribution in [0.5, 0.6) is 0 Å². The maximum absolute atomic E-state index is 6.15. The Morgan fingerprint density at radius 1 is 1.30 bits per heavy atom. The van der Waals surface area contributed by atoms with Gasteiger partial charge in [0.2, 0.25) is 0 Å². The van der Waals surface area contributed by atoms with Gasteiger partial charge in [-0.2, -0.15) is 0 Å². The van der Waals surface area contributed by atoms with Crippen LogP contribution in [0.25, 0.3) is 0 Å². The maximum Gasteiger partial charge on any atom is 0.0343 e. The molecule has 0 radical (unpaired) electrons. The van der Waals surface area contributed by atoms with E-state index in [2.05, 4.69) is 58.9 Å². The smallest absolute Gasteiger partial charge is 0.0343 e. The summed E-state index contributed by atoms with van der Waals surface area (Å²) in [6.07, 6.45) is 5.23. The molecule has 0 aliphatic heterocycles. The third kappa shape index (κ3) is 3.84. The van der Waals surface area contributed by atoms with Gasteiger partial charge in [-0.25, -0.2) is 0 Å². The Morgan fingerprint density at radius 3 is 2.40 bits per heavy atom. The number of rotatable bonds is 7. The normalized spacial score (nSPS) is 18.9. The summed E-state index contributed by atoms with van der Waals surface area (Å²) >= 11 is 3.50. The molecule has 1 atom stereocenters. The molecular weight excluding hydrogens is 312 g/mol. The lowest BCUT2D eigenvalue weighted by molar-refractivity contribution is 0.0759. The van der Waals surface area contributed by atoms with Crippen molar-refractivity contribution in [1.29, 1.82) is 0 Å². The van der Waals surface area contributed by atoms with Crippen LogP contribution in [-0.2, 0) is 6.42 Å². The average Bonchev–Trinajstić information content (AvgIpc) is 2.40. The molecule has 1 aliphatic rings. The Balaban J connectivity index is 2.06. The fraction of sp³-hybridized carbons (Fsp3) is 0.647. The predicted molar refractivity (Wildman–Crippen MR) is 89.9 cm³/mol. The molecule has 20 heavy (non-hydrogen) atoms. The Labute approximate surface area is 131 Å². The zero-order chi connectivity index (χ0) is 14.6. The SMILES string of the molecule is CCN(CC1CCC1)C(C)(CN)Cc1ccc(Br)cc1. The van der Waals surface area contributed by atoms with Crippen LogP contribution in [0.4, 0.5) is 0 Å². The summed E-state index contributed by atoms with van der Waals surface area (Å²) in [5.41, 5.74) is 7.58. The van der Waals surface area contributed by atoms with Gasteiger partial charge in [-0.15, -0.1) is 0 Å². The predicted octanol–water partition coefficient (Wildman–Crippen LogP) is 3.83. The highest BCUT2D eigenvalue weighted by molar-refractivity contribution is 9.10. The van der Waals surface area contributed by atoms with E-state index in [1.165, 1.54) is 31.4 Å². The van der Waals surface area contributed by atoms with Crippen LogP contribution in [0.2, 0.25) is 0 Å². The summed E-state index contributed by atoms with van der Waals surface area (Å²) in [5, 5.41) is 0. The highest BCUT2D eigenvalue weighted by atomic mass is 79.9. The first kappa shape index (κ1) is 16.0. The fourth-order valence-corrected chi connectivity index (χ4v) is 3.34. The summed E-state index contributed by atoms with van der Waals surface area (Å²) in [7, 11) is 0.